The van der Waals surface area contributed by atoms with Crippen molar-refractivity contribution in [2.75, 3.05) is 39.0 Å². The van der Waals surface area contributed by atoms with Crippen LogP contribution in [0.5, 0.6) is 5.75 Å². The second-order valence-corrected chi connectivity index (χ2v) is 7.90. The van der Waals surface area contributed by atoms with Gasteiger partial charge >= 0.3 is 0 Å². The van der Waals surface area contributed by atoms with Gasteiger partial charge in [-0.1, -0.05) is 11.6 Å². The Balaban J connectivity index is 1.96. The highest BCUT2D eigenvalue weighted by Gasteiger charge is 2.23. The maximum atomic E-state index is 12.3. The summed E-state index contributed by atoms with van der Waals surface area (Å²) < 4.78 is 29.7. The Morgan fingerprint density at radius 1 is 1.29 bits per heavy atom. The summed E-state index contributed by atoms with van der Waals surface area (Å²) in [5, 5.41) is 0.204. The fourth-order valence-electron chi connectivity index (χ4n) is 2.41. The maximum absolute atomic E-state index is 12.3. The number of carbonyl (C=O) groups excluding carboxylic acids is 2. The molecule has 1 aliphatic heterocycles. The molecule has 1 saturated heterocycles. The summed E-state index contributed by atoms with van der Waals surface area (Å²) in [5.74, 6) is -0.133. The number of hydrogen-bond acceptors (Lipinski definition) is 5. The van der Waals surface area contributed by atoms with E-state index in [2.05, 4.69) is 0 Å². The van der Waals surface area contributed by atoms with Gasteiger partial charge in [-0.15, -0.1) is 0 Å². The van der Waals surface area contributed by atoms with E-state index in [9.17, 15) is 18.0 Å². The van der Waals surface area contributed by atoms with E-state index in [1.165, 1.54) is 25.3 Å². The predicted molar refractivity (Wildman–Crippen MR) is 88.9 cm³/mol. The Morgan fingerprint density at radius 3 is 2.50 bits per heavy atom. The van der Waals surface area contributed by atoms with Crippen molar-refractivity contribution in [2.45, 2.75) is 11.3 Å². The van der Waals surface area contributed by atoms with Crippen molar-refractivity contribution in [2.24, 2.45) is 0 Å². The summed E-state index contributed by atoms with van der Waals surface area (Å²) in [6.45, 7) is 1.78. The third-order valence-corrected chi connectivity index (χ3v) is 5.89. The molecule has 0 saturated carbocycles. The Labute approximate surface area is 146 Å². The number of halogens is 1. The van der Waals surface area contributed by atoms with Crippen molar-refractivity contribution in [3.63, 3.8) is 0 Å². The summed E-state index contributed by atoms with van der Waals surface area (Å²) in [4.78, 5) is 26.0. The highest BCUT2D eigenvalue weighted by atomic mass is 35.5. The van der Waals surface area contributed by atoms with E-state index < -0.39 is 9.84 Å². The van der Waals surface area contributed by atoms with Crippen LogP contribution in [0.2, 0.25) is 5.02 Å². The van der Waals surface area contributed by atoms with Crippen LogP contribution in [0.4, 0.5) is 0 Å². The van der Waals surface area contributed by atoms with E-state index in [0.717, 1.165) is 6.41 Å². The van der Waals surface area contributed by atoms with E-state index >= 15 is 0 Å². The molecule has 0 bridgehead atoms. The minimum absolute atomic E-state index is 0.0619. The summed E-state index contributed by atoms with van der Waals surface area (Å²) >= 11 is 5.95. The molecule has 2 rings (SSSR count). The summed E-state index contributed by atoms with van der Waals surface area (Å²) in [6, 6.07) is 4.21. The third-order valence-electron chi connectivity index (χ3n) is 3.88. The van der Waals surface area contributed by atoms with Crippen molar-refractivity contribution in [1.82, 2.24) is 9.80 Å². The third kappa shape index (κ3) is 4.39. The molecule has 0 N–H and O–H groups in total. The fourth-order valence-corrected chi connectivity index (χ4v) is 3.99. The van der Waals surface area contributed by atoms with Crippen molar-refractivity contribution in [3.05, 3.63) is 23.2 Å². The molecule has 24 heavy (non-hydrogen) atoms. The van der Waals surface area contributed by atoms with Crippen LogP contribution in [0.25, 0.3) is 0 Å². The molecule has 1 aliphatic rings. The Kier molecular flexibility index (Phi) is 6.06. The van der Waals surface area contributed by atoms with E-state index in [0.29, 0.717) is 31.9 Å². The number of ether oxygens (including phenoxy) is 1. The number of rotatable bonds is 6. The van der Waals surface area contributed by atoms with E-state index in [1.54, 1.807) is 9.80 Å². The zero-order valence-electron chi connectivity index (χ0n) is 13.3. The first-order valence-corrected chi connectivity index (χ1v) is 9.44. The van der Waals surface area contributed by atoms with Gasteiger partial charge in [-0.05, 0) is 18.2 Å². The van der Waals surface area contributed by atoms with E-state index in [4.69, 9.17) is 16.3 Å². The molecule has 0 aromatic heterocycles. The lowest BCUT2D eigenvalue weighted by Crippen LogP contribution is -2.48. The molecule has 0 radical (unpaired) electrons. The highest BCUT2D eigenvalue weighted by Crippen LogP contribution is 2.27. The molecule has 1 fully saturated rings. The molecule has 0 spiro atoms. The van der Waals surface area contributed by atoms with Crippen molar-refractivity contribution in [1.29, 1.82) is 0 Å². The molecule has 0 unspecified atom stereocenters. The smallest absolute Gasteiger partial charge is 0.223 e. The molecule has 132 valence electrons. The first-order chi connectivity index (χ1) is 11.4. The largest absolute Gasteiger partial charge is 0.495 e. The number of amides is 2. The first-order valence-electron chi connectivity index (χ1n) is 7.41. The van der Waals surface area contributed by atoms with Gasteiger partial charge in [0, 0.05) is 32.6 Å². The molecule has 1 aromatic carbocycles. The Hall–Kier alpha value is -1.80. The molecular formula is C15H19ClN2O5S. The van der Waals surface area contributed by atoms with Crippen LogP contribution in [-0.2, 0) is 19.4 Å². The molecule has 0 atom stereocenters. The van der Waals surface area contributed by atoms with Gasteiger partial charge in [0.2, 0.25) is 12.3 Å². The predicted octanol–water partition coefficient (Wildman–Crippen LogP) is 0.813. The van der Waals surface area contributed by atoms with Gasteiger partial charge < -0.3 is 14.5 Å². The van der Waals surface area contributed by atoms with Gasteiger partial charge in [0.05, 0.1) is 22.8 Å². The highest BCUT2D eigenvalue weighted by molar-refractivity contribution is 7.91. The quantitative estimate of drug-likeness (QED) is 0.688. The van der Waals surface area contributed by atoms with Gasteiger partial charge in [-0.25, -0.2) is 8.42 Å². The van der Waals surface area contributed by atoms with Crippen LogP contribution in [0, 0.1) is 0 Å². The van der Waals surface area contributed by atoms with Gasteiger partial charge in [-0.3, -0.25) is 9.59 Å². The first kappa shape index (κ1) is 18.5. The van der Waals surface area contributed by atoms with Gasteiger partial charge in [0.25, 0.3) is 0 Å². The SMILES string of the molecule is COc1ccc(S(=O)(=O)CCC(=O)N2CCN(C=O)CC2)cc1Cl. The van der Waals surface area contributed by atoms with Gasteiger partial charge in [0.15, 0.2) is 9.84 Å². The van der Waals surface area contributed by atoms with Crippen LogP contribution in [0.15, 0.2) is 23.1 Å². The van der Waals surface area contributed by atoms with Crippen LogP contribution >= 0.6 is 11.6 Å². The van der Waals surface area contributed by atoms with E-state index in [1.807, 2.05) is 0 Å². The topological polar surface area (TPSA) is 84.0 Å². The molecule has 1 aromatic rings. The molecule has 1 heterocycles. The second kappa shape index (κ2) is 7.85. The number of sulfone groups is 1. The lowest BCUT2D eigenvalue weighted by atomic mass is 10.3. The number of benzene rings is 1. The van der Waals surface area contributed by atoms with Crippen LogP contribution in [0.3, 0.4) is 0 Å². The van der Waals surface area contributed by atoms with Crippen LogP contribution in [-0.4, -0.2) is 69.6 Å². The Bertz CT molecular complexity index is 715. The van der Waals surface area contributed by atoms with Crippen LogP contribution < -0.4 is 4.74 Å². The average molecular weight is 375 g/mol. The number of carbonyl (C=O) groups is 2. The fraction of sp³-hybridized carbons (Fsp3) is 0.467. The molecule has 9 heteroatoms. The summed E-state index contributed by atoms with van der Waals surface area (Å²) in [6.07, 6.45) is 0.646. The number of methoxy groups -OCH3 is 1. The lowest BCUT2D eigenvalue weighted by molar-refractivity contribution is -0.134. The number of piperazine rings is 1. The Morgan fingerprint density at radius 2 is 1.96 bits per heavy atom. The van der Waals surface area contributed by atoms with Crippen molar-refractivity contribution in [3.8, 4) is 5.75 Å². The maximum Gasteiger partial charge on any atom is 0.223 e. The van der Waals surface area contributed by atoms with E-state index in [-0.39, 0.29) is 28.0 Å². The van der Waals surface area contributed by atoms with Crippen molar-refractivity contribution < 1.29 is 22.7 Å². The summed E-state index contributed by atoms with van der Waals surface area (Å²) in [5.41, 5.74) is 0. The van der Waals surface area contributed by atoms with Gasteiger partial charge in [0.1, 0.15) is 5.75 Å². The second-order valence-electron chi connectivity index (χ2n) is 5.39. The number of nitrogens with zero attached hydrogens (tertiary/aromatic N) is 2. The monoisotopic (exact) mass is 374 g/mol. The minimum Gasteiger partial charge on any atom is -0.495 e. The zero-order valence-corrected chi connectivity index (χ0v) is 14.8. The summed E-state index contributed by atoms with van der Waals surface area (Å²) in [7, 11) is -2.17. The van der Waals surface area contributed by atoms with Gasteiger partial charge in [-0.2, -0.15) is 0 Å². The number of hydrogen-bond donors (Lipinski definition) is 0. The molecular weight excluding hydrogens is 356 g/mol. The zero-order chi connectivity index (χ0) is 17.7. The average Bonchev–Trinajstić information content (AvgIpc) is 2.59. The van der Waals surface area contributed by atoms with Crippen LogP contribution in [0.1, 0.15) is 6.42 Å². The molecule has 7 nitrogen and oxygen atoms in total. The molecule has 2 amide bonds. The normalized spacial score (nSPS) is 15.2. The minimum atomic E-state index is -3.61. The van der Waals surface area contributed by atoms with Crippen molar-refractivity contribution >= 4 is 33.8 Å². The molecule has 0 aliphatic carbocycles. The lowest BCUT2D eigenvalue weighted by Gasteiger charge is -2.32. The standard InChI is InChI=1S/C15H19ClN2O5S/c1-23-14-3-2-12(10-13(14)16)24(21,22)9-4-15(20)18-7-5-17(11-19)6-8-18/h2-3,10-11H,4-9H2,1H3.